The van der Waals surface area contributed by atoms with Crippen molar-refractivity contribution >= 4 is 17.9 Å². The van der Waals surface area contributed by atoms with Gasteiger partial charge in [0.25, 0.3) is 0 Å². The molecular weight excluding hydrogens is 288 g/mol. The predicted octanol–water partition coefficient (Wildman–Crippen LogP) is 2.97. The Morgan fingerprint density at radius 3 is 2.18 bits per heavy atom. The number of hydrogen-bond acceptors (Lipinski definition) is 4. The minimum Gasteiger partial charge on any atom is -0.481 e. The first kappa shape index (κ1) is 12.2. The van der Waals surface area contributed by atoms with Crippen molar-refractivity contribution in [3.8, 4) is 0 Å². The number of rotatable bonds is 10. The number of ether oxygens (including phenoxy) is 1. The second kappa shape index (κ2) is 9.55. The van der Waals surface area contributed by atoms with E-state index in [0.29, 0.717) is 19.3 Å². The van der Waals surface area contributed by atoms with E-state index in [1.54, 1.807) is 0 Å². The maximum Gasteiger partial charge on any atom is 0.339 e. The van der Waals surface area contributed by atoms with Gasteiger partial charge in [0.05, 0.1) is 23.2 Å². The molecule has 120 valence electrons. The van der Waals surface area contributed by atoms with Gasteiger partial charge in [0.2, 0.25) is 0 Å². The topological polar surface area (TPSA) is 101 Å². The molecule has 0 bridgehead atoms. The third-order valence-corrected chi connectivity index (χ3v) is 2.87. The van der Waals surface area contributed by atoms with Crippen molar-refractivity contribution in [1.29, 1.82) is 0 Å². The number of hydrogen-bond donors (Lipinski definition) is 2. The van der Waals surface area contributed by atoms with Crippen LogP contribution in [-0.2, 0) is 9.53 Å². The summed E-state index contributed by atoms with van der Waals surface area (Å²) in [5.41, 5.74) is -1.50. The first-order chi connectivity index (χ1) is 12.2. The molecule has 2 N–H and O–H groups in total. The number of carbonyl (C=O) groups is 3. The second-order valence-corrected chi connectivity index (χ2v) is 4.60. The van der Waals surface area contributed by atoms with Crippen molar-refractivity contribution in [2.45, 2.75) is 38.5 Å². The average Bonchev–Trinajstić information content (AvgIpc) is 2.57. The van der Waals surface area contributed by atoms with Crippen LogP contribution in [0.5, 0.6) is 0 Å². The molecule has 0 atom stereocenters. The highest BCUT2D eigenvalue weighted by molar-refractivity contribution is 6.02. The predicted molar refractivity (Wildman–Crippen MR) is 79.0 cm³/mol. The van der Waals surface area contributed by atoms with Gasteiger partial charge in [-0.05, 0) is 24.9 Å². The molecular formula is C16H20O6. The van der Waals surface area contributed by atoms with E-state index < -0.39 is 53.2 Å². The van der Waals surface area contributed by atoms with Crippen molar-refractivity contribution in [3.63, 3.8) is 0 Å². The van der Waals surface area contributed by atoms with Crippen LogP contribution in [0, 0.1) is 0 Å². The highest BCUT2D eigenvalue weighted by Crippen LogP contribution is 2.11. The summed E-state index contributed by atoms with van der Waals surface area (Å²) in [6.45, 7) is -0.0282. The quantitative estimate of drug-likeness (QED) is 0.509. The molecule has 0 unspecified atom stereocenters. The minimum atomic E-state index is -1.64. The van der Waals surface area contributed by atoms with E-state index in [2.05, 4.69) is 0 Å². The van der Waals surface area contributed by atoms with Gasteiger partial charge in [-0.25, -0.2) is 9.59 Å². The summed E-state index contributed by atoms with van der Waals surface area (Å²) in [7, 11) is 0. The normalized spacial score (nSPS) is 12.7. The Bertz CT molecular complexity index is 705. The SMILES string of the molecule is [2H]c1c([2H])c([2H])c(C(=O)OCCCCCCCC(=O)O)c(C(=O)O)c1[2H]. The van der Waals surface area contributed by atoms with Gasteiger partial charge in [-0.15, -0.1) is 0 Å². The Kier molecular flexibility index (Phi) is 5.29. The molecule has 0 amide bonds. The Balaban J connectivity index is 2.65. The largest absolute Gasteiger partial charge is 0.481 e. The number of carboxylic acid groups (broad SMARTS) is 2. The molecule has 0 saturated heterocycles. The summed E-state index contributed by atoms with van der Waals surface area (Å²) >= 11 is 0. The fourth-order valence-corrected chi connectivity index (χ4v) is 1.77. The highest BCUT2D eigenvalue weighted by atomic mass is 16.5. The summed E-state index contributed by atoms with van der Waals surface area (Å²) in [5, 5.41) is 17.7. The van der Waals surface area contributed by atoms with Crippen molar-refractivity contribution < 1.29 is 34.8 Å². The zero-order chi connectivity index (χ0) is 19.9. The standard InChI is InChI=1S/C16H20O6/c17-14(18)10-4-2-1-3-7-11-22-16(21)13-9-6-5-8-12(13)15(19)20/h5-6,8-9H,1-4,7,10-11H2,(H,17,18)(H,19,20)/i5D,6D,8D,9D. The van der Waals surface area contributed by atoms with E-state index in [0.717, 1.165) is 12.8 Å². The third-order valence-electron chi connectivity index (χ3n) is 2.87. The molecule has 1 aromatic rings. The molecule has 1 rings (SSSR count). The van der Waals surface area contributed by atoms with Gasteiger partial charge in [-0.1, -0.05) is 31.3 Å². The van der Waals surface area contributed by atoms with Crippen LogP contribution < -0.4 is 0 Å². The second-order valence-electron chi connectivity index (χ2n) is 4.60. The van der Waals surface area contributed by atoms with Crippen LogP contribution in [0.15, 0.2) is 24.2 Å². The van der Waals surface area contributed by atoms with E-state index in [-0.39, 0.29) is 13.0 Å². The van der Waals surface area contributed by atoms with Crippen LogP contribution in [0.25, 0.3) is 0 Å². The summed E-state index contributed by atoms with van der Waals surface area (Å²) in [6.07, 6.45) is 3.33. The first-order valence-electron chi connectivity index (χ1n) is 8.91. The molecule has 0 fully saturated rings. The van der Waals surface area contributed by atoms with Crippen LogP contribution in [-0.4, -0.2) is 34.7 Å². The van der Waals surface area contributed by atoms with Crippen molar-refractivity contribution in [2.75, 3.05) is 6.61 Å². The molecule has 0 spiro atoms. The summed E-state index contributed by atoms with van der Waals surface area (Å²) in [5.74, 6) is -3.59. The van der Waals surface area contributed by atoms with Gasteiger partial charge in [-0.3, -0.25) is 4.79 Å². The van der Waals surface area contributed by atoms with E-state index >= 15 is 0 Å². The molecule has 0 heterocycles. The van der Waals surface area contributed by atoms with Gasteiger partial charge < -0.3 is 14.9 Å². The van der Waals surface area contributed by atoms with Gasteiger partial charge in [0, 0.05) is 6.42 Å². The van der Waals surface area contributed by atoms with Crippen molar-refractivity contribution in [3.05, 3.63) is 35.3 Å². The summed E-state index contributed by atoms with van der Waals surface area (Å²) in [4.78, 5) is 33.8. The maximum atomic E-state index is 12.1. The number of aliphatic carboxylic acids is 1. The van der Waals surface area contributed by atoms with Crippen LogP contribution >= 0.6 is 0 Å². The Labute approximate surface area is 134 Å². The molecule has 0 aromatic heterocycles. The van der Waals surface area contributed by atoms with E-state index in [1.807, 2.05) is 0 Å². The monoisotopic (exact) mass is 312 g/mol. The lowest BCUT2D eigenvalue weighted by atomic mass is 10.1. The lowest BCUT2D eigenvalue weighted by Crippen LogP contribution is -2.12. The number of carbonyl (C=O) groups excluding carboxylic acids is 1. The highest BCUT2D eigenvalue weighted by Gasteiger charge is 2.16. The molecule has 0 aliphatic rings. The number of unbranched alkanes of at least 4 members (excludes halogenated alkanes) is 4. The smallest absolute Gasteiger partial charge is 0.339 e. The molecule has 0 aliphatic carbocycles. The molecule has 6 nitrogen and oxygen atoms in total. The zero-order valence-corrected chi connectivity index (χ0v) is 12.0. The number of carboxylic acids is 2. The molecule has 0 aliphatic heterocycles. The van der Waals surface area contributed by atoms with E-state index in [9.17, 15) is 14.4 Å². The molecule has 6 heteroatoms. The van der Waals surface area contributed by atoms with Gasteiger partial charge >= 0.3 is 17.9 Å². The lowest BCUT2D eigenvalue weighted by Gasteiger charge is -2.07. The van der Waals surface area contributed by atoms with Crippen molar-refractivity contribution in [2.24, 2.45) is 0 Å². The number of aromatic carboxylic acids is 1. The minimum absolute atomic E-state index is 0.0282. The fourth-order valence-electron chi connectivity index (χ4n) is 1.77. The molecule has 1 aromatic carbocycles. The van der Waals surface area contributed by atoms with Gasteiger partial charge in [0.15, 0.2) is 0 Å². The number of benzene rings is 1. The van der Waals surface area contributed by atoms with E-state index in [1.165, 1.54) is 0 Å². The maximum absolute atomic E-state index is 12.1. The molecule has 0 saturated carbocycles. The average molecular weight is 312 g/mol. The number of esters is 1. The van der Waals surface area contributed by atoms with Crippen LogP contribution in [0.3, 0.4) is 0 Å². The van der Waals surface area contributed by atoms with E-state index in [4.69, 9.17) is 20.4 Å². The van der Waals surface area contributed by atoms with Crippen molar-refractivity contribution in [1.82, 2.24) is 0 Å². The lowest BCUT2D eigenvalue weighted by molar-refractivity contribution is -0.137. The summed E-state index contributed by atoms with van der Waals surface area (Å²) in [6, 6.07) is -2.98. The van der Waals surface area contributed by atoms with Crippen LogP contribution in [0.1, 0.15) is 64.7 Å². The summed E-state index contributed by atoms with van der Waals surface area (Å²) < 4.78 is 35.3. The zero-order valence-electron chi connectivity index (χ0n) is 16.0. The molecule has 22 heavy (non-hydrogen) atoms. The Morgan fingerprint density at radius 2 is 1.55 bits per heavy atom. The fraction of sp³-hybridized carbons (Fsp3) is 0.438. The third kappa shape index (κ3) is 6.39. The van der Waals surface area contributed by atoms with Gasteiger partial charge in [-0.2, -0.15) is 0 Å². The first-order valence-corrected chi connectivity index (χ1v) is 6.91. The van der Waals surface area contributed by atoms with Crippen LogP contribution in [0.2, 0.25) is 0 Å². The van der Waals surface area contributed by atoms with Crippen LogP contribution in [0.4, 0.5) is 0 Å². The Morgan fingerprint density at radius 1 is 0.955 bits per heavy atom. The Hall–Kier alpha value is -2.37. The molecule has 0 radical (unpaired) electrons. The van der Waals surface area contributed by atoms with Gasteiger partial charge in [0.1, 0.15) is 0 Å².